The molecule has 9 heavy (non-hydrogen) atoms. The van der Waals surface area contributed by atoms with E-state index in [4.69, 9.17) is 5.11 Å². The Balaban J connectivity index is 2.59. The van der Waals surface area contributed by atoms with Crippen molar-refractivity contribution in [3.63, 3.8) is 0 Å². The Morgan fingerprint density at radius 3 is 2.78 bits per heavy atom. The van der Waals surface area contributed by atoms with Crippen molar-refractivity contribution in [3.05, 3.63) is 11.6 Å². The molecule has 50 valence electrons. The van der Waals surface area contributed by atoms with Crippen molar-refractivity contribution in [3.8, 4) is 0 Å². The standard InChI is InChI=1S/C7H10O2/c8-5-4-6-2-1-3-7(6)9/h4,8H,1-3,5H2. The monoisotopic (exact) mass is 126 g/mol. The van der Waals surface area contributed by atoms with Gasteiger partial charge in [-0.3, -0.25) is 4.79 Å². The van der Waals surface area contributed by atoms with Gasteiger partial charge < -0.3 is 5.11 Å². The summed E-state index contributed by atoms with van der Waals surface area (Å²) in [4.78, 5) is 10.8. The van der Waals surface area contributed by atoms with Crippen molar-refractivity contribution >= 4 is 5.78 Å². The van der Waals surface area contributed by atoms with E-state index in [0.717, 1.165) is 18.4 Å². The number of aliphatic hydroxyl groups excluding tert-OH is 1. The molecule has 2 nitrogen and oxygen atoms in total. The summed E-state index contributed by atoms with van der Waals surface area (Å²) in [6, 6.07) is 0. The van der Waals surface area contributed by atoms with Crippen LogP contribution >= 0.6 is 0 Å². The number of ketones is 1. The predicted molar refractivity (Wildman–Crippen MR) is 34.0 cm³/mol. The minimum atomic E-state index is 0.00106. The van der Waals surface area contributed by atoms with Gasteiger partial charge in [-0.2, -0.15) is 0 Å². The van der Waals surface area contributed by atoms with Gasteiger partial charge in [0.05, 0.1) is 6.61 Å². The van der Waals surface area contributed by atoms with E-state index >= 15 is 0 Å². The molecule has 0 aliphatic heterocycles. The molecule has 0 radical (unpaired) electrons. The summed E-state index contributed by atoms with van der Waals surface area (Å²) in [7, 11) is 0. The molecule has 0 spiro atoms. The highest BCUT2D eigenvalue weighted by molar-refractivity contribution is 5.97. The van der Waals surface area contributed by atoms with Crippen molar-refractivity contribution < 1.29 is 9.90 Å². The molecule has 1 aliphatic rings. The van der Waals surface area contributed by atoms with Crippen LogP contribution in [0.4, 0.5) is 0 Å². The molecule has 0 aromatic heterocycles. The first-order valence-electron chi connectivity index (χ1n) is 3.17. The van der Waals surface area contributed by atoms with Gasteiger partial charge in [-0.25, -0.2) is 0 Å². The summed E-state index contributed by atoms with van der Waals surface area (Å²) < 4.78 is 0. The van der Waals surface area contributed by atoms with Crippen LogP contribution in [0.25, 0.3) is 0 Å². The van der Waals surface area contributed by atoms with Crippen LogP contribution in [0, 0.1) is 0 Å². The highest BCUT2D eigenvalue weighted by Crippen LogP contribution is 2.19. The molecular weight excluding hydrogens is 116 g/mol. The SMILES string of the molecule is O=C1CCCC1=CCO. The lowest BCUT2D eigenvalue weighted by Crippen LogP contribution is -1.92. The lowest BCUT2D eigenvalue weighted by molar-refractivity contribution is -0.114. The minimum absolute atomic E-state index is 0.00106. The third-order valence-corrected chi connectivity index (χ3v) is 1.55. The zero-order valence-electron chi connectivity index (χ0n) is 5.26. The number of rotatable bonds is 1. The Morgan fingerprint density at radius 1 is 1.56 bits per heavy atom. The molecule has 1 fully saturated rings. The summed E-state index contributed by atoms with van der Waals surface area (Å²) in [5.74, 6) is 0.212. The van der Waals surface area contributed by atoms with Gasteiger partial charge >= 0.3 is 0 Å². The maximum Gasteiger partial charge on any atom is 0.158 e. The largest absolute Gasteiger partial charge is 0.392 e. The molecule has 0 aromatic carbocycles. The van der Waals surface area contributed by atoms with E-state index in [0.29, 0.717) is 6.42 Å². The van der Waals surface area contributed by atoms with Crippen molar-refractivity contribution in [1.29, 1.82) is 0 Å². The summed E-state index contributed by atoms with van der Waals surface area (Å²) >= 11 is 0. The van der Waals surface area contributed by atoms with Gasteiger partial charge in [0.25, 0.3) is 0 Å². The summed E-state index contributed by atoms with van der Waals surface area (Å²) in [5.41, 5.74) is 0.817. The van der Waals surface area contributed by atoms with Gasteiger partial charge in [-0.1, -0.05) is 6.08 Å². The van der Waals surface area contributed by atoms with Crippen LogP contribution in [0.5, 0.6) is 0 Å². The van der Waals surface area contributed by atoms with Crippen LogP contribution in [0.1, 0.15) is 19.3 Å². The van der Waals surface area contributed by atoms with E-state index in [1.54, 1.807) is 6.08 Å². The average molecular weight is 126 g/mol. The van der Waals surface area contributed by atoms with E-state index in [1.165, 1.54) is 0 Å². The second-order valence-corrected chi connectivity index (χ2v) is 2.19. The third-order valence-electron chi connectivity index (χ3n) is 1.55. The normalized spacial score (nSPS) is 23.7. The van der Waals surface area contributed by atoms with Gasteiger partial charge in [-0.15, -0.1) is 0 Å². The summed E-state index contributed by atoms with van der Waals surface area (Å²) in [6.45, 7) is 0.00106. The van der Waals surface area contributed by atoms with Gasteiger partial charge in [0.2, 0.25) is 0 Å². The Morgan fingerprint density at radius 2 is 2.33 bits per heavy atom. The Kier molecular flexibility index (Phi) is 2.01. The summed E-state index contributed by atoms with van der Waals surface area (Å²) in [5, 5.41) is 8.42. The number of aliphatic hydroxyl groups is 1. The quantitative estimate of drug-likeness (QED) is 0.524. The average Bonchev–Trinajstić information content (AvgIpc) is 2.18. The van der Waals surface area contributed by atoms with Crippen molar-refractivity contribution in [2.75, 3.05) is 6.61 Å². The van der Waals surface area contributed by atoms with Gasteiger partial charge in [-0.05, 0) is 18.4 Å². The fourth-order valence-electron chi connectivity index (χ4n) is 1.07. The van der Waals surface area contributed by atoms with E-state index < -0.39 is 0 Å². The van der Waals surface area contributed by atoms with Crippen molar-refractivity contribution in [1.82, 2.24) is 0 Å². The van der Waals surface area contributed by atoms with Crippen LogP contribution in [0.15, 0.2) is 11.6 Å². The molecular formula is C7H10O2. The first-order chi connectivity index (χ1) is 4.34. The third kappa shape index (κ3) is 1.39. The van der Waals surface area contributed by atoms with Gasteiger partial charge in [0.1, 0.15) is 0 Å². The lowest BCUT2D eigenvalue weighted by Gasteiger charge is -1.88. The van der Waals surface area contributed by atoms with Crippen LogP contribution in [0.3, 0.4) is 0 Å². The van der Waals surface area contributed by atoms with Gasteiger partial charge in [0.15, 0.2) is 5.78 Å². The highest BCUT2D eigenvalue weighted by Gasteiger charge is 2.15. The maximum absolute atomic E-state index is 10.8. The molecule has 0 unspecified atom stereocenters. The fraction of sp³-hybridized carbons (Fsp3) is 0.571. The van der Waals surface area contributed by atoms with Crippen LogP contribution in [0.2, 0.25) is 0 Å². The summed E-state index contributed by atoms with van der Waals surface area (Å²) in [6.07, 6.45) is 4.10. The molecule has 0 saturated heterocycles. The number of allylic oxidation sites excluding steroid dienone is 1. The smallest absolute Gasteiger partial charge is 0.158 e. The first kappa shape index (κ1) is 6.49. The molecule has 0 heterocycles. The van der Waals surface area contributed by atoms with E-state index in [-0.39, 0.29) is 12.4 Å². The molecule has 1 N–H and O–H groups in total. The fourth-order valence-corrected chi connectivity index (χ4v) is 1.07. The van der Waals surface area contributed by atoms with Gasteiger partial charge in [0, 0.05) is 6.42 Å². The zero-order valence-corrected chi connectivity index (χ0v) is 5.26. The number of hydrogen-bond donors (Lipinski definition) is 1. The Bertz CT molecular complexity index is 147. The van der Waals surface area contributed by atoms with Crippen molar-refractivity contribution in [2.45, 2.75) is 19.3 Å². The predicted octanol–water partition coefficient (Wildman–Crippen LogP) is 0.658. The van der Waals surface area contributed by atoms with E-state index in [1.807, 2.05) is 0 Å². The molecule has 0 bridgehead atoms. The van der Waals surface area contributed by atoms with E-state index in [2.05, 4.69) is 0 Å². The maximum atomic E-state index is 10.8. The molecule has 0 amide bonds. The van der Waals surface area contributed by atoms with Crippen molar-refractivity contribution in [2.24, 2.45) is 0 Å². The molecule has 1 saturated carbocycles. The number of carbonyl (C=O) groups excluding carboxylic acids is 1. The molecule has 1 rings (SSSR count). The topological polar surface area (TPSA) is 37.3 Å². The second-order valence-electron chi connectivity index (χ2n) is 2.19. The molecule has 1 aliphatic carbocycles. The Labute approximate surface area is 54.2 Å². The lowest BCUT2D eigenvalue weighted by atomic mass is 10.2. The second kappa shape index (κ2) is 2.78. The molecule has 0 aromatic rings. The minimum Gasteiger partial charge on any atom is -0.392 e. The zero-order chi connectivity index (χ0) is 6.69. The molecule has 2 heteroatoms. The van der Waals surface area contributed by atoms with Crippen LogP contribution in [-0.4, -0.2) is 17.5 Å². The number of Topliss-reactive ketones (excluding diaryl/α,β-unsaturated/α-hetero) is 1. The number of carbonyl (C=O) groups is 1. The molecule has 0 atom stereocenters. The highest BCUT2D eigenvalue weighted by atomic mass is 16.2. The number of hydrogen-bond acceptors (Lipinski definition) is 2. The van der Waals surface area contributed by atoms with Crippen LogP contribution in [-0.2, 0) is 4.79 Å². The van der Waals surface area contributed by atoms with Crippen LogP contribution < -0.4 is 0 Å². The van der Waals surface area contributed by atoms with E-state index in [9.17, 15) is 4.79 Å². The Hall–Kier alpha value is -0.630. The first-order valence-corrected chi connectivity index (χ1v) is 3.17.